The molecule has 1 aliphatic rings. The number of aliphatic carboxylic acids is 1. The van der Waals surface area contributed by atoms with Gasteiger partial charge in [-0.1, -0.05) is 36.8 Å². The van der Waals surface area contributed by atoms with Crippen LogP contribution in [0.3, 0.4) is 0 Å². The van der Waals surface area contributed by atoms with Crippen LogP contribution >= 0.6 is 0 Å². The van der Waals surface area contributed by atoms with Crippen molar-refractivity contribution in [3.63, 3.8) is 0 Å². The van der Waals surface area contributed by atoms with Crippen LogP contribution in [0.1, 0.15) is 49.3 Å². The predicted octanol–water partition coefficient (Wildman–Crippen LogP) is 3.09. The summed E-state index contributed by atoms with van der Waals surface area (Å²) in [6, 6.07) is 7.55. The molecule has 2 unspecified atom stereocenters. The van der Waals surface area contributed by atoms with Gasteiger partial charge in [-0.05, 0) is 36.8 Å². The third kappa shape index (κ3) is 4.22. The van der Waals surface area contributed by atoms with Gasteiger partial charge in [0.05, 0.1) is 12.2 Å². The number of carbonyl (C=O) groups is 2. The molecule has 2 aromatic rings. The molecule has 1 aliphatic carbocycles. The third-order valence-corrected chi connectivity index (χ3v) is 4.85. The van der Waals surface area contributed by atoms with Crippen LogP contribution in [-0.2, 0) is 16.1 Å². The Morgan fingerprint density at radius 1 is 1.35 bits per heavy atom. The zero-order chi connectivity index (χ0) is 18.5. The molecule has 1 heterocycles. The first kappa shape index (κ1) is 18.0. The van der Waals surface area contributed by atoms with Crippen LogP contribution in [0.25, 0.3) is 0 Å². The van der Waals surface area contributed by atoms with Gasteiger partial charge in [0.15, 0.2) is 6.04 Å². The number of carboxylic acid groups (broad SMARTS) is 1. The molecule has 0 aliphatic heterocycles. The van der Waals surface area contributed by atoms with Crippen molar-refractivity contribution < 1.29 is 19.4 Å². The summed E-state index contributed by atoms with van der Waals surface area (Å²) < 4.78 is 6.72. The number of rotatable bonds is 7. The van der Waals surface area contributed by atoms with E-state index in [0.717, 1.165) is 24.0 Å². The van der Waals surface area contributed by atoms with Crippen molar-refractivity contribution in [2.24, 2.45) is 0 Å². The lowest BCUT2D eigenvalue weighted by Gasteiger charge is -2.24. The molecule has 138 valence electrons. The highest BCUT2D eigenvalue weighted by molar-refractivity contribution is 5.80. The van der Waals surface area contributed by atoms with Gasteiger partial charge in [0.2, 0.25) is 0 Å². The molecule has 7 nitrogen and oxygen atoms in total. The highest BCUT2D eigenvalue weighted by Gasteiger charge is 2.30. The molecular weight excluding hydrogens is 334 g/mol. The molecule has 7 heteroatoms. The SMILES string of the molecule is CC(C(NC(=O)OCc1ccccc1)C(=O)O)n1cc(C2CCC2)cn1. The Balaban J connectivity index is 1.59. The van der Waals surface area contributed by atoms with Crippen LogP contribution in [0, 0.1) is 0 Å². The minimum Gasteiger partial charge on any atom is -0.480 e. The second kappa shape index (κ2) is 8.03. The number of nitrogens with one attached hydrogen (secondary N) is 1. The van der Waals surface area contributed by atoms with Crippen molar-refractivity contribution in [1.82, 2.24) is 15.1 Å². The third-order valence-electron chi connectivity index (χ3n) is 4.85. The van der Waals surface area contributed by atoms with Crippen LogP contribution < -0.4 is 5.32 Å². The molecule has 1 aromatic carbocycles. The topological polar surface area (TPSA) is 93.5 Å². The molecular formula is C19H23N3O4. The lowest BCUT2D eigenvalue weighted by molar-refractivity contribution is -0.140. The van der Waals surface area contributed by atoms with Crippen LogP contribution in [0.15, 0.2) is 42.7 Å². The molecule has 0 bridgehead atoms. The van der Waals surface area contributed by atoms with Crippen LogP contribution in [0.2, 0.25) is 0 Å². The molecule has 1 aromatic heterocycles. The smallest absolute Gasteiger partial charge is 0.408 e. The maximum absolute atomic E-state index is 12.0. The van der Waals surface area contributed by atoms with Crippen LogP contribution in [0.5, 0.6) is 0 Å². The fourth-order valence-corrected chi connectivity index (χ4v) is 2.96. The Morgan fingerprint density at radius 3 is 2.69 bits per heavy atom. The molecule has 3 rings (SSSR count). The fraction of sp³-hybridized carbons (Fsp3) is 0.421. The summed E-state index contributed by atoms with van der Waals surface area (Å²) in [7, 11) is 0. The zero-order valence-corrected chi connectivity index (χ0v) is 14.7. The first-order valence-electron chi connectivity index (χ1n) is 8.78. The summed E-state index contributed by atoms with van der Waals surface area (Å²) in [4.78, 5) is 23.6. The number of amides is 1. The molecule has 0 spiro atoms. The summed E-state index contributed by atoms with van der Waals surface area (Å²) in [6.45, 7) is 1.80. The van der Waals surface area contributed by atoms with Crippen molar-refractivity contribution in [1.29, 1.82) is 0 Å². The standard InChI is InChI=1S/C19H23N3O4/c1-13(22-11-16(10-20-22)15-8-5-9-15)17(18(23)24)21-19(25)26-12-14-6-3-2-4-7-14/h2-4,6-7,10-11,13,15,17H,5,8-9,12H2,1H3,(H,21,25)(H,23,24). The quantitative estimate of drug-likeness (QED) is 0.794. The summed E-state index contributed by atoms with van der Waals surface area (Å²) in [5, 5.41) is 16.2. The Labute approximate surface area is 152 Å². The lowest BCUT2D eigenvalue weighted by atomic mass is 9.81. The monoisotopic (exact) mass is 357 g/mol. The number of hydrogen-bond donors (Lipinski definition) is 2. The van der Waals surface area contributed by atoms with Crippen molar-refractivity contribution in [3.8, 4) is 0 Å². The van der Waals surface area contributed by atoms with E-state index in [-0.39, 0.29) is 6.61 Å². The van der Waals surface area contributed by atoms with E-state index in [1.807, 2.05) is 36.5 Å². The van der Waals surface area contributed by atoms with Gasteiger partial charge in [0.25, 0.3) is 0 Å². The van der Waals surface area contributed by atoms with Crippen molar-refractivity contribution in [2.45, 2.75) is 50.8 Å². The van der Waals surface area contributed by atoms with Crippen molar-refractivity contribution in [3.05, 3.63) is 53.9 Å². The van der Waals surface area contributed by atoms with Crippen molar-refractivity contribution >= 4 is 12.1 Å². The predicted molar refractivity (Wildman–Crippen MR) is 94.7 cm³/mol. The molecule has 0 radical (unpaired) electrons. The summed E-state index contributed by atoms with van der Waals surface area (Å²) >= 11 is 0. The van der Waals surface area contributed by atoms with E-state index >= 15 is 0 Å². The van der Waals surface area contributed by atoms with Gasteiger partial charge >= 0.3 is 12.1 Å². The molecule has 0 saturated heterocycles. The molecule has 26 heavy (non-hydrogen) atoms. The van der Waals surface area contributed by atoms with E-state index in [4.69, 9.17) is 4.74 Å². The number of hydrogen-bond acceptors (Lipinski definition) is 4. The van der Waals surface area contributed by atoms with E-state index in [9.17, 15) is 14.7 Å². The maximum atomic E-state index is 12.0. The second-order valence-electron chi connectivity index (χ2n) is 6.64. The van der Waals surface area contributed by atoms with Crippen LogP contribution in [-0.4, -0.2) is 33.0 Å². The molecule has 1 amide bonds. The molecule has 2 atom stereocenters. The Bertz CT molecular complexity index is 755. The Hall–Kier alpha value is -2.83. The minimum absolute atomic E-state index is 0.0843. The number of carboxylic acids is 1. The van der Waals surface area contributed by atoms with E-state index < -0.39 is 24.1 Å². The number of carbonyl (C=O) groups excluding carboxylic acids is 1. The fourth-order valence-electron chi connectivity index (χ4n) is 2.96. The molecule has 1 fully saturated rings. The van der Waals surface area contributed by atoms with Gasteiger partial charge in [0, 0.05) is 6.20 Å². The van der Waals surface area contributed by atoms with Gasteiger partial charge < -0.3 is 15.2 Å². The average molecular weight is 357 g/mol. The van der Waals surface area contributed by atoms with E-state index in [1.54, 1.807) is 17.8 Å². The highest BCUT2D eigenvalue weighted by Crippen LogP contribution is 2.36. The normalized spacial score (nSPS) is 16.3. The first-order valence-corrected chi connectivity index (χ1v) is 8.78. The number of benzene rings is 1. The number of alkyl carbamates (subject to hydrolysis) is 1. The molecule has 1 saturated carbocycles. The van der Waals surface area contributed by atoms with Gasteiger partial charge in [-0.2, -0.15) is 5.10 Å². The van der Waals surface area contributed by atoms with E-state index in [1.165, 1.54) is 6.42 Å². The van der Waals surface area contributed by atoms with Gasteiger partial charge in [0.1, 0.15) is 6.61 Å². The number of ether oxygens (including phenoxy) is 1. The van der Waals surface area contributed by atoms with Gasteiger partial charge in [-0.25, -0.2) is 9.59 Å². The van der Waals surface area contributed by atoms with E-state index in [2.05, 4.69) is 10.4 Å². The lowest BCUT2D eigenvalue weighted by Crippen LogP contribution is -2.46. The van der Waals surface area contributed by atoms with E-state index in [0.29, 0.717) is 5.92 Å². The number of nitrogens with zero attached hydrogens (tertiary/aromatic N) is 2. The summed E-state index contributed by atoms with van der Waals surface area (Å²) in [5.41, 5.74) is 1.96. The number of aromatic nitrogens is 2. The van der Waals surface area contributed by atoms with Gasteiger partial charge in [-0.15, -0.1) is 0 Å². The largest absolute Gasteiger partial charge is 0.480 e. The zero-order valence-electron chi connectivity index (χ0n) is 14.7. The van der Waals surface area contributed by atoms with Gasteiger partial charge in [-0.3, -0.25) is 4.68 Å². The highest BCUT2D eigenvalue weighted by atomic mass is 16.5. The average Bonchev–Trinajstić information content (AvgIpc) is 3.06. The Kier molecular flexibility index (Phi) is 5.55. The second-order valence-corrected chi connectivity index (χ2v) is 6.64. The van der Waals surface area contributed by atoms with Crippen molar-refractivity contribution in [2.75, 3.05) is 0 Å². The summed E-state index contributed by atoms with van der Waals surface area (Å²) in [6.07, 6.45) is 6.41. The Morgan fingerprint density at radius 2 is 2.08 bits per heavy atom. The van der Waals surface area contributed by atoms with Crippen LogP contribution in [0.4, 0.5) is 4.79 Å². The first-order chi connectivity index (χ1) is 12.5. The maximum Gasteiger partial charge on any atom is 0.408 e. The molecule has 2 N–H and O–H groups in total. The summed E-state index contributed by atoms with van der Waals surface area (Å²) in [5.74, 6) is -0.613. The minimum atomic E-state index is -1.13.